The van der Waals surface area contributed by atoms with E-state index in [9.17, 15) is 10.2 Å². The number of halogens is 1. The maximum Gasteiger partial charge on any atom is 0.105 e. The quantitative estimate of drug-likeness (QED) is 0.780. The first-order valence-electron chi connectivity index (χ1n) is 5.74. The number of hydrogen-bond donors (Lipinski definition) is 3. The third kappa shape index (κ3) is 3.78. The fraction of sp³-hybridized carbons (Fsp3) is 0.538. The number of rotatable bonds is 5. The minimum Gasteiger partial charge on any atom is -0.390 e. The van der Waals surface area contributed by atoms with Crippen LogP contribution in [0.25, 0.3) is 0 Å². The average Bonchev–Trinajstić information content (AvgIpc) is 2.24. The largest absolute Gasteiger partial charge is 0.390 e. The average molecular weight is 302 g/mol. The molecule has 0 fully saturated rings. The normalized spacial score (nSPS) is 14.7. The van der Waals surface area contributed by atoms with E-state index in [2.05, 4.69) is 21.2 Å². The molecule has 0 aliphatic rings. The zero-order valence-corrected chi connectivity index (χ0v) is 12.1. The van der Waals surface area contributed by atoms with Crippen molar-refractivity contribution in [1.29, 1.82) is 0 Å². The van der Waals surface area contributed by atoms with E-state index in [1.165, 1.54) is 0 Å². The highest BCUT2D eigenvalue weighted by molar-refractivity contribution is 9.10. The summed E-state index contributed by atoms with van der Waals surface area (Å²) >= 11 is 3.42. The van der Waals surface area contributed by atoms with Gasteiger partial charge < -0.3 is 15.5 Å². The Hall–Kier alpha value is -0.420. The molecule has 0 saturated carbocycles. The molecule has 0 saturated heterocycles. The van der Waals surface area contributed by atoms with Gasteiger partial charge in [0.1, 0.15) is 6.10 Å². The number of hydrogen-bond acceptors (Lipinski definition) is 3. The van der Waals surface area contributed by atoms with Crippen LogP contribution in [-0.2, 0) is 0 Å². The lowest BCUT2D eigenvalue weighted by Crippen LogP contribution is -2.24. The summed E-state index contributed by atoms with van der Waals surface area (Å²) in [5.74, 6) is 0. The fourth-order valence-corrected chi connectivity index (χ4v) is 2.72. The van der Waals surface area contributed by atoms with Gasteiger partial charge in [-0.2, -0.15) is 0 Å². The van der Waals surface area contributed by atoms with Gasteiger partial charge in [0, 0.05) is 4.47 Å². The highest BCUT2D eigenvalue weighted by Gasteiger charge is 2.21. The van der Waals surface area contributed by atoms with Crippen molar-refractivity contribution in [2.45, 2.75) is 32.5 Å². The Bertz CT molecular complexity index is 359. The second-order valence-electron chi connectivity index (χ2n) is 4.36. The van der Waals surface area contributed by atoms with Gasteiger partial charge in [-0.15, -0.1) is 0 Å². The van der Waals surface area contributed by atoms with Gasteiger partial charge in [0.15, 0.2) is 0 Å². The number of aryl methyl sites for hydroxylation is 2. The van der Waals surface area contributed by atoms with Crippen molar-refractivity contribution >= 4 is 15.9 Å². The monoisotopic (exact) mass is 301 g/mol. The number of benzene rings is 1. The standard InChI is InChI=1S/C13H20BrNO2/c1-8-6-10(14)7-9(2)12(8)13(17)11(16)4-5-15-3/h6-7,11,13,15-17H,4-5H2,1-3H3. The molecule has 96 valence electrons. The lowest BCUT2D eigenvalue weighted by molar-refractivity contribution is 0.0133. The number of aliphatic hydroxyl groups excluding tert-OH is 2. The molecule has 1 aromatic carbocycles. The first-order chi connectivity index (χ1) is 7.97. The van der Waals surface area contributed by atoms with E-state index in [4.69, 9.17) is 0 Å². The first kappa shape index (κ1) is 14.6. The minimum atomic E-state index is -0.823. The smallest absolute Gasteiger partial charge is 0.105 e. The molecule has 0 heterocycles. The highest BCUT2D eigenvalue weighted by atomic mass is 79.9. The molecule has 0 aliphatic heterocycles. The molecule has 0 amide bonds. The molecular weight excluding hydrogens is 282 g/mol. The van der Waals surface area contributed by atoms with Crippen LogP contribution in [0.5, 0.6) is 0 Å². The van der Waals surface area contributed by atoms with Gasteiger partial charge in [-0.05, 0) is 62.7 Å². The van der Waals surface area contributed by atoms with E-state index in [1.807, 2.05) is 33.0 Å². The van der Waals surface area contributed by atoms with Crippen LogP contribution in [0.15, 0.2) is 16.6 Å². The Kier molecular flexibility index (Phi) is 5.59. The van der Waals surface area contributed by atoms with Crippen molar-refractivity contribution in [2.75, 3.05) is 13.6 Å². The predicted octanol–water partition coefficient (Wildman–Crippen LogP) is 2.07. The second-order valence-corrected chi connectivity index (χ2v) is 5.27. The summed E-state index contributed by atoms with van der Waals surface area (Å²) in [6, 6.07) is 3.91. The van der Waals surface area contributed by atoms with Crippen LogP contribution in [0, 0.1) is 13.8 Å². The SMILES string of the molecule is CNCCC(O)C(O)c1c(C)cc(Br)cc1C. The van der Waals surface area contributed by atoms with Crippen LogP contribution in [-0.4, -0.2) is 29.9 Å². The lowest BCUT2D eigenvalue weighted by atomic mass is 9.94. The summed E-state index contributed by atoms with van der Waals surface area (Å²) in [6.45, 7) is 4.58. The summed E-state index contributed by atoms with van der Waals surface area (Å²) < 4.78 is 0.994. The fourth-order valence-electron chi connectivity index (χ4n) is 2.03. The molecule has 2 atom stereocenters. The van der Waals surface area contributed by atoms with Crippen LogP contribution in [0.3, 0.4) is 0 Å². The molecule has 0 aromatic heterocycles. The van der Waals surface area contributed by atoms with Crippen molar-refractivity contribution in [3.05, 3.63) is 33.3 Å². The second kappa shape index (κ2) is 6.50. The van der Waals surface area contributed by atoms with Gasteiger partial charge >= 0.3 is 0 Å². The molecule has 3 nitrogen and oxygen atoms in total. The predicted molar refractivity (Wildman–Crippen MR) is 73.1 cm³/mol. The maximum absolute atomic E-state index is 10.2. The summed E-state index contributed by atoms with van der Waals surface area (Å²) in [4.78, 5) is 0. The van der Waals surface area contributed by atoms with Crippen molar-refractivity contribution < 1.29 is 10.2 Å². The van der Waals surface area contributed by atoms with Gasteiger partial charge in [0.05, 0.1) is 6.10 Å². The molecule has 1 aromatic rings. The highest BCUT2D eigenvalue weighted by Crippen LogP contribution is 2.28. The summed E-state index contributed by atoms with van der Waals surface area (Å²) in [6.07, 6.45) is -1.02. The summed E-state index contributed by atoms with van der Waals surface area (Å²) in [7, 11) is 1.83. The van der Waals surface area contributed by atoms with Crippen molar-refractivity contribution in [2.24, 2.45) is 0 Å². The van der Waals surface area contributed by atoms with Crippen LogP contribution < -0.4 is 5.32 Å². The molecule has 4 heteroatoms. The van der Waals surface area contributed by atoms with Crippen molar-refractivity contribution in [3.63, 3.8) is 0 Å². The zero-order chi connectivity index (χ0) is 13.0. The van der Waals surface area contributed by atoms with Gasteiger partial charge in [-0.25, -0.2) is 0 Å². The third-order valence-electron chi connectivity index (χ3n) is 2.91. The van der Waals surface area contributed by atoms with Crippen LogP contribution in [0.1, 0.15) is 29.2 Å². The Morgan fingerprint density at radius 1 is 1.24 bits per heavy atom. The number of nitrogens with one attached hydrogen (secondary N) is 1. The van der Waals surface area contributed by atoms with E-state index >= 15 is 0 Å². The van der Waals surface area contributed by atoms with E-state index in [-0.39, 0.29) is 0 Å². The van der Waals surface area contributed by atoms with E-state index in [0.717, 1.165) is 21.2 Å². The molecule has 0 radical (unpaired) electrons. The zero-order valence-electron chi connectivity index (χ0n) is 10.5. The van der Waals surface area contributed by atoms with Gasteiger partial charge in [-0.1, -0.05) is 15.9 Å². The summed E-state index contributed by atoms with van der Waals surface area (Å²) in [5.41, 5.74) is 2.82. The summed E-state index contributed by atoms with van der Waals surface area (Å²) in [5, 5.41) is 23.1. The van der Waals surface area contributed by atoms with Crippen LogP contribution in [0.4, 0.5) is 0 Å². The van der Waals surface area contributed by atoms with E-state index < -0.39 is 12.2 Å². The molecule has 0 spiro atoms. The lowest BCUT2D eigenvalue weighted by Gasteiger charge is -2.22. The molecule has 0 aliphatic carbocycles. The van der Waals surface area contributed by atoms with Crippen LogP contribution in [0.2, 0.25) is 0 Å². The third-order valence-corrected chi connectivity index (χ3v) is 3.37. The molecule has 3 N–H and O–H groups in total. The molecule has 2 unspecified atom stereocenters. The van der Waals surface area contributed by atoms with Gasteiger partial charge in [-0.3, -0.25) is 0 Å². The van der Waals surface area contributed by atoms with Crippen molar-refractivity contribution in [1.82, 2.24) is 5.32 Å². The Morgan fingerprint density at radius 3 is 2.24 bits per heavy atom. The van der Waals surface area contributed by atoms with Crippen LogP contribution >= 0.6 is 15.9 Å². The molecule has 0 bridgehead atoms. The molecule has 17 heavy (non-hydrogen) atoms. The Balaban J connectivity index is 2.91. The van der Waals surface area contributed by atoms with E-state index in [1.54, 1.807) is 0 Å². The molecular formula is C13H20BrNO2. The van der Waals surface area contributed by atoms with Gasteiger partial charge in [0.25, 0.3) is 0 Å². The van der Waals surface area contributed by atoms with Crippen molar-refractivity contribution in [3.8, 4) is 0 Å². The maximum atomic E-state index is 10.2. The minimum absolute atomic E-state index is 0.534. The van der Waals surface area contributed by atoms with E-state index in [0.29, 0.717) is 13.0 Å². The molecule has 1 rings (SSSR count). The Labute approximate surface area is 111 Å². The Morgan fingerprint density at radius 2 is 1.76 bits per heavy atom. The number of aliphatic hydroxyl groups is 2. The first-order valence-corrected chi connectivity index (χ1v) is 6.54. The topological polar surface area (TPSA) is 52.5 Å². The van der Waals surface area contributed by atoms with Gasteiger partial charge in [0.2, 0.25) is 0 Å².